The van der Waals surface area contributed by atoms with Crippen molar-refractivity contribution in [1.29, 1.82) is 0 Å². The van der Waals surface area contributed by atoms with Crippen LogP contribution in [-0.4, -0.2) is 40.4 Å². The van der Waals surface area contributed by atoms with Gasteiger partial charge in [0.1, 0.15) is 0 Å². The van der Waals surface area contributed by atoms with E-state index < -0.39 is 0 Å². The maximum atomic E-state index is 12.6. The molecule has 1 unspecified atom stereocenters. The molecule has 7 nitrogen and oxygen atoms in total. The molecule has 2 aliphatic heterocycles. The molecular formula is C22H29N5O2. The van der Waals surface area contributed by atoms with Crippen LogP contribution in [0.3, 0.4) is 0 Å². The maximum absolute atomic E-state index is 12.6. The second-order valence-electron chi connectivity index (χ2n) is 8.35. The van der Waals surface area contributed by atoms with Crippen LogP contribution in [0.1, 0.15) is 43.5 Å². The van der Waals surface area contributed by atoms with Gasteiger partial charge in [-0.2, -0.15) is 0 Å². The molecular weight excluding hydrogens is 366 g/mol. The van der Waals surface area contributed by atoms with Crippen LogP contribution in [0.4, 0.5) is 11.6 Å². The van der Waals surface area contributed by atoms with Crippen molar-refractivity contribution in [1.82, 2.24) is 14.9 Å². The lowest BCUT2D eigenvalue weighted by Gasteiger charge is -2.33. The summed E-state index contributed by atoms with van der Waals surface area (Å²) >= 11 is 0. The zero-order chi connectivity index (χ0) is 20.4. The molecule has 1 fully saturated rings. The summed E-state index contributed by atoms with van der Waals surface area (Å²) in [6, 6.07) is 7.92. The Labute approximate surface area is 171 Å². The molecule has 0 radical (unpaired) electrons. The van der Waals surface area contributed by atoms with E-state index in [2.05, 4.69) is 27.0 Å². The highest BCUT2D eigenvalue weighted by Gasteiger charge is 2.24. The number of aromatic amines is 1. The molecule has 1 aromatic carbocycles. The predicted octanol–water partition coefficient (Wildman–Crippen LogP) is 2.52. The first-order chi connectivity index (χ1) is 14.0. The third kappa shape index (κ3) is 4.67. The molecule has 1 atom stereocenters. The van der Waals surface area contributed by atoms with Crippen LogP contribution in [0, 0.1) is 5.92 Å². The third-order valence-electron chi connectivity index (χ3n) is 5.78. The van der Waals surface area contributed by atoms with Gasteiger partial charge in [-0.1, -0.05) is 19.1 Å². The predicted molar refractivity (Wildman–Crippen MR) is 114 cm³/mol. The molecule has 1 aromatic heterocycles. The van der Waals surface area contributed by atoms with Crippen LogP contribution in [0.2, 0.25) is 0 Å². The lowest BCUT2D eigenvalue weighted by Crippen LogP contribution is -2.39. The van der Waals surface area contributed by atoms with Crippen molar-refractivity contribution >= 4 is 17.5 Å². The lowest BCUT2D eigenvalue weighted by molar-refractivity contribution is -0.114. The molecule has 0 saturated carbocycles. The van der Waals surface area contributed by atoms with E-state index in [4.69, 9.17) is 4.98 Å². The standard InChI is InChI=1S/C22H29N5O2/c1-15-4-3-10-27(12-15)22-24-20-14-26(11-9-19(20)21(29)25-22)13-17-5-7-18(8-6-17)23-16(2)28/h5-8,15H,3-4,9-14H2,1-2H3,(H,23,28)(H,24,25,29). The smallest absolute Gasteiger partial charge is 0.255 e. The first-order valence-electron chi connectivity index (χ1n) is 10.4. The van der Waals surface area contributed by atoms with Gasteiger partial charge in [-0.3, -0.25) is 19.5 Å². The molecule has 0 aliphatic carbocycles. The zero-order valence-electron chi connectivity index (χ0n) is 17.2. The van der Waals surface area contributed by atoms with Crippen molar-refractivity contribution in [2.75, 3.05) is 29.9 Å². The summed E-state index contributed by atoms with van der Waals surface area (Å²) in [4.78, 5) is 36.2. The Morgan fingerprint density at radius 2 is 2.07 bits per heavy atom. The van der Waals surface area contributed by atoms with E-state index in [0.717, 1.165) is 61.9 Å². The number of H-pyrrole nitrogens is 1. The topological polar surface area (TPSA) is 81.3 Å². The largest absolute Gasteiger partial charge is 0.342 e. The number of amides is 1. The molecule has 2 aromatic rings. The van der Waals surface area contributed by atoms with Gasteiger partial charge in [0.15, 0.2) is 0 Å². The summed E-state index contributed by atoms with van der Waals surface area (Å²) in [5.41, 5.74) is 3.73. The molecule has 4 rings (SSSR count). The van der Waals surface area contributed by atoms with Gasteiger partial charge in [0, 0.05) is 50.9 Å². The normalized spacial score (nSPS) is 19.7. The minimum atomic E-state index is -0.0689. The number of hydrogen-bond donors (Lipinski definition) is 2. The number of fused-ring (bicyclic) bond motifs is 1. The van der Waals surface area contributed by atoms with Gasteiger partial charge in [-0.25, -0.2) is 4.98 Å². The highest BCUT2D eigenvalue weighted by Crippen LogP contribution is 2.22. The molecule has 7 heteroatoms. The number of anilines is 2. The van der Waals surface area contributed by atoms with Crippen LogP contribution in [0.25, 0.3) is 0 Å². The fourth-order valence-electron chi connectivity index (χ4n) is 4.30. The molecule has 1 saturated heterocycles. The van der Waals surface area contributed by atoms with Crippen LogP contribution in [-0.2, 0) is 24.3 Å². The van der Waals surface area contributed by atoms with Crippen LogP contribution in [0.5, 0.6) is 0 Å². The van der Waals surface area contributed by atoms with Crippen molar-refractivity contribution < 1.29 is 4.79 Å². The fraction of sp³-hybridized carbons (Fsp3) is 0.500. The Hall–Kier alpha value is -2.67. The molecule has 0 bridgehead atoms. The van der Waals surface area contributed by atoms with Gasteiger partial charge in [-0.15, -0.1) is 0 Å². The molecule has 2 aliphatic rings. The van der Waals surface area contributed by atoms with Crippen LogP contribution >= 0.6 is 0 Å². The summed E-state index contributed by atoms with van der Waals surface area (Å²) in [6.45, 7) is 7.98. The number of benzene rings is 1. The van der Waals surface area contributed by atoms with Crippen molar-refractivity contribution in [2.45, 2.75) is 46.2 Å². The summed E-state index contributed by atoms with van der Waals surface area (Å²) < 4.78 is 0. The van der Waals surface area contributed by atoms with Gasteiger partial charge >= 0.3 is 0 Å². The Bertz CT molecular complexity index is 937. The minimum absolute atomic E-state index is 0.0162. The quantitative estimate of drug-likeness (QED) is 0.831. The van der Waals surface area contributed by atoms with E-state index in [1.165, 1.54) is 18.9 Å². The molecule has 1 amide bonds. The highest BCUT2D eigenvalue weighted by molar-refractivity contribution is 5.88. The third-order valence-corrected chi connectivity index (χ3v) is 5.78. The first kappa shape index (κ1) is 19.6. The molecule has 0 spiro atoms. The summed E-state index contributed by atoms with van der Waals surface area (Å²) in [5, 5.41) is 2.79. The van der Waals surface area contributed by atoms with Gasteiger partial charge in [-0.05, 0) is 42.9 Å². The molecule has 154 valence electrons. The Morgan fingerprint density at radius 3 is 2.79 bits per heavy atom. The van der Waals surface area contributed by atoms with E-state index >= 15 is 0 Å². The number of rotatable bonds is 4. The summed E-state index contributed by atoms with van der Waals surface area (Å²) in [5.74, 6) is 1.28. The van der Waals surface area contributed by atoms with E-state index in [-0.39, 0.29) is 11.5 Å². The fourth-order valence-corrected chi connectivity index (χ4v) is 4.30. The second-order valence-corrected chi connectivity index (χ2v) is 8.35. The Balaban J connectivity index is 1.47. The van der Waals surface area contributed by atoms with Crippen molar-refractivity contribution in [3.63, 3.8) is 0 Å². The lowest BCUT2D eigenvalue weighted by atomic mass is 10.0. The minimum Gasteiger partial charge on any atom is -0.342 e. The maximum Gasteiger partial charge on any atom is 0.255 e. The Morgan fingerprint density at radius 1 is 1.28 bits per heavy atom. The number of carbonyl (C=O) groups is 1. The van der Waals surface area contributed by atoms with Crippen LogP contribution < -0.4 is 15.8 Å². The van der Waals surface area contributed by atoms with Crippen molar-refractivity contribution in [3.8, 4) is 0 Å². The van der Waals surface area contributed by atoms with Crippen LogP contribution in [0.15, 0.2) is 29.1 Å². The number of hydrogen-bond acceptors (Lipinski definition) is 5. The number of nitrogens with one attached hydrogen (secondary N) is 2. The highest BCUT2D eigenvalue weighted by atomic mass is 16.1. The van der Waals surface area contributed by atoms with E-state index in [1.54, 1.807) is 0 Å². The van der Waals surface area contributed by atoms with Gasteiger partial charge in [0.05, 0.1) is 5.69 Å². The first-order valence-corrected chi connectivity index (χ1v) is 10.4. The zero-order valence-corrected chi connectivity index (χ0v) is 17.2. The number of nitrogens with zero attached hydrogens (tertiary/aromatic N) is 3. The monoisotopic (exact) mass is 395 g/mol. The molecule has 2 N–H and O–H groups in total. The van der Waals surface area contributed by atoms with Gasteiger partial charge < -0.3 is 10.2 Å². The number of piperidine rings is 1. The van der Waals surface area contributed by atoms with E-state index in [0.29, 0.717) is 12.5 Å². The summed E-state index contributed by atoms with van der Waals surface area (Å²) in [7, 11) is 0. The molecule has 3 heterocycles. The summed E-state index contributed by atoms with van der Waals surface area (Å²) in [6.07, 6.45) is 3.10. The van der Waals surface area contributed by atoms with E-state index in [1.807, 2.05) is 24.3 Å². The average Bonchev–Trinajstić information content (AvgIpc) is 2.69. The van der Waals surface area contributed by atoms with Crippen molar-refractivity contribution in [3.05, 3.63) is 51.4 Å². The van der Waals surface area contributed by atoms with Gasteiger partial charge in [0.2, 0.25) is 11.9 Å². The number of carbonyl (C=O) groups excluding carboxylic acids is 1. The average molecular weight is 396 g/mol. The second kappa shape index (κ2) is 8.37. The Kier molecular flexibility index (Phi) is 5.67. The van der Waals surface area contributed by atoms with E-state index in [9.17, 15) is 9.59 Å². The SMILES string of the molecule is CC(=O)Nc1ccc(CN2CCc3c(nc(N4CCCC(C)C4)[nH]c3=O)C2)cc1. The van der Waals surface area contributed by atoms with Crippen molar-refractivity contribution in [2.24, 2.45) is 5.92 Å². The number of aromatic nitrogens is 2. The van der Waals surface area contributed by atoms with Gasteiger partial charge in [0.25, 0.3) is 5.56 Å². The molecule has 29 heavy (non-hydrogen) atoms.